The van der Waals surface area contributed by atoms with Crippen LogP contribution in [0.1, 0.15) is 22.9 Å². The number of benzene rings is 4. The second-order valence-electron chi connectivity index (χ2n) is 8.70. The molecule has 4 nitrogen and oxygen atoms in total. The van der Waals surface area contributed by atoms with E-state index < -0.39 is 6.17 Å². The minimum atomic E-state index is -0.451. The van der Waals surface area contributed by atoms with E-state index in [0.29, 0.717) is 26.8 Å². The smallest absolute Gasteiger partial charge is 0.263 e. The minimum Gasteiger partial charge on any atom is -0.314 e. The quantitative estimate of drug-likeness (QED) is 0.246. The summed E-state index contributed by atoms with van der Waals surface area (Å²) in [7, 11) is 0. The third-order valence-corrected chi connectivity index (χ3v) is 7.18. The van der Waals surface area contributed by atoms with Gasteiger partial charge in [0, 0.05) is 21.2 Å². The average Bonchev–Trinajstić information content (AvgIpc) is 2.88. The van der Waals surface area contributed by atoms with Crippen molar-refractivity contribution in [1.29, 1.82) is 0 Å². The second-order valence-corrected chi connectivity index (χ2v) is 9.57. The average molecular weight is 494 g/mol. The van der Waals surface area contributed by atoms with Gasteiger partial charge in [-0.2, -0.15) is 0 Å². The van der Waals surface area contributed by atoms with E-state index in [0.717, 1.165) is 33.6 Å². The first kappa shape index (κ1) is 20.5. The van der Waals surface area contributed by atoms with Crippen molar-refractivity contribution in [3.05, 3.63) is 128 Å². The molecule has 0 radical (unpaired) electrons. The summed E-state index contributed by atoms with van der Waals surface area (Å²) >= 11 is 12.9. The van der Waals surface area contributed by atoms with Gasteiger partial charge in [0.2, 0.25) is 0 Å². The van der Waals surface area contributed by atoms with Crippen molar-refractivity contribution in [1.82, 2.24) is 9.55 Å². The van der Waals surface area contributed by atoms with E-state index in [1.165, 1.54) is 0 Å². The zero-order valence-corrected chi connectivity index (χ0v) is 19.8. The molecule has 168 valence electrons. The lowest BCUT2D eigenvalue weighted by Gasteiger charge is -2.45. The first-order valence-electron chi connectivity index (χ1n) is 11.3. The number of hydrogen-bond acceptors (Lipinski definition) is 3. The number of fused-ring (bicyclic) bond motifs is 9. The molecular formula is C29H17Cl2N3O. The fourth-order valence-electron chi connectivity index (χ4n) is 5.20. The van der Waals surface area contributed by atoms with Gasteiger partial charge >= 0.3 is 0 Å². The van der Waals surface area contributed by atoms with Gasteiger partial charge in [0.25, 0.3) is 5.56 Å². The van der Waals surface area contributed by atoms with E-state index in [9.17, 15) is 4.79 Å². The fraction of sp³-hybridized carbons (Fsp3) is 0.0345. The maximum atomic E-state index is 14.0. The normalized spacial score (nSPS) is 15.7. The third kappa shape index (κ3) is 3.00. The van der Waals surface area contributed by atoms with Crippen LogP contribution in [0.15, 0.2) is 95.8 Å². The first-order chi connectivity index (χ1) is 17.1. The van der Waals surface area contributed by atoms with Gasteiger partial charge in [-0.3, -0.25) is 9.36 Å². The Balaban J connectivity index is 1.65. The number of nitrogens with zero attached hydrogens (tertiary/aromatic N) is 3. The fourth-order valence-corrected chi connectivity index (χ4v) is 5.54. The van der Waals surface area contributed by atoms with Crippen LogP contribution in [0.4, 0.5) is 5.69 Å². The van der Waals surface area contributed by atoms with E-state index in [4.69, 9.17) is 28.2 Å². The summed E-state index contributed by atoms with van der Waals surface area (Å²) in [4.78, 5) is 21.2. The lowest BCUT2D eigenvalue weighted by Crippen LogP contribution is -2.43. The highest BCUT2D eigenvalue weighted by molar-refractivity contribution is 6.31. The predicted octanol–water partition coefficient (Wildman–Crippen LogP) is 7.25. The van der Waals surface area contributed by atoms with Crippen LogP contribution in [0, 0.1) is 0 Å². The highest BCUT2D eigenvalue weighted by atomic mass is 35.5. The van der Waals surface area contributed by atoms with E-state index in [-0.39, 0.29) is 5.56 Å². The van der Waals surface area contributed by atoms with Gasteiger partial charge in [-0.05, 0) is 59.7 Å². The zero-order chi connectivity index (χ0) is 23.7. The number of anilines is 1. The van der Waals surface area contributed by atoms with Crippen molar-refractivity contribution < 1.29 is 0 Å². The van der Waals surface area contributed by atoms with Crippen LogP contribution in [0.3, 0.4) is 0 Å². The number of hydrogen-bond donors (Lipinski definition) is 0. The number of rotatable bonds is 1. The molecule has 0 fully saturated rings. The largest absolute Gasteiger partial charge is 0.314 e. The summed E-state index contributed by atoms with van der Waals surface area (Å²) in [5.41, 5.74) is 6.27. The summed E-state index contributed by atoms with van der Waals surface area (Å²) in [6, 6.07) is 29.2. The third-order valence-electron chi connectivity index (χ3n) is 6.71. The second kappa shape index (κ2) is 7.57. The van der Waals surface area contributed by atoms with Crippen LogP contribution in [-0.2, 0) is 0 Å². The van der Waals surface area contributed by atoms with Crippen molar-refractivity contribution in [3.8, 4) is 11.4 Å². The topological polar surface area (TPSA) is 38.1 Å². The molecule has 3 heterocycles. The molecule has 1 atom stereocenters. The lowest BCUT2D eigenvalue weighted by molar-refractivity contribution is 0.562. The lowest BCUT2D eigenvalue weighted by atomic mass is 9.91. The first-order valence-corrected chi connectivity index (χ1v) is 12.0. The molecular weight excluding hydrogens is 477 g/mol. The van der Waals surface area contributed by atoms with E-state index in [1.54, 1.807) is 4.57 Å². The van der Waals surface area contributed by atoms with Crippen molar-refractivity contribution in [2.45, 2.75) is 6.17 Å². The molecule has 0 aliphatic carbocycles. The Morgan fingerprint density at radius 1 is 0.800 bits per heavy atom. The molecule has 35 heavy (non-hydrogen) atoms. The van der Waals surface area contributed by atoms with Crippen molar-refractivity contribution in [2.24, 2.45) is 0 Å². The molecule has 2 aliphatic rings. The molecule has 6 heteroatoms. The van der Waals surface area contributed by atoms with Gasteiger partial charge in [0.05, 0.1) is 22.3 Å². The van der Waals surface area contributed by atoms with E-state index >= 15 is 0 Å². The SMILES string of the molecule is O=c1c2ccccc2nc2n1[C@@H]1c3ccc(Cl)cc3C=C(c3ccccc3)N1c1cc(Cl)ccc1-2. The number of para-hydroxylation sites is 1. The van der Waals surface area contributed by atoms with Crippen LogP contribution >= 0.6 is 23.2 Å². The molecule has 0 N–H and O–H groups in total. The molecule has 0 saturated carbocycles. The van der Waals surface area contributed by atoms with E-state index in [1.807, 2.05) is 78.9 Å². The van der Waals surface area contributed by atoms with Crippen molar-refractivity contribution in [2.75, 3.05) is 4.90 Å². The molecule has 2 aliphatic heterocycles. The maximum absolute atomic E-state index is 14.0. The molecule has 1 aromatic heterocycles. The Morgan fingerprint density at radius 3 is 2.40 bits per heavy atom. The summed E-state index contributed by atoms with van der Waals surface area (Å²) < 4.78 is 1.81. The Labute approximate surface area is 211 Å². The summed E-state index contributed by atoms with van der Waals surface area (Å²) in [5.74, 6) is 0.622. The summed E-state index contributed by atoms with van der Waals surface area (Å²) in [6.07, 6.45) is 1.68. The van der Waals surface area contributed by atoms with Crippen LogP contribution in [-0.4, -0.2) is 9.55 Å². The highest BCUT2D eigenvalue weighted by Crippen LogP contribution is 2.50. The van der Waals surface area contributed by atoms with Crippen LogP contribution < -0.4 is 10.5 Å². The van der Waals surface area contributed by atoms with Gasteiger partial charge in [0.1, 0.15) is 12.0 Å². The molecule has 5 aromatic rings. The highest BCUT2D eigenvalue weighted by Gasteiger charge is 2.39. The van der Waals surface area contributed by atoms with E-state index in [2.05, 4.69) is 23.1 Å². The van der Waals surface area contributed by atoms with Gasteiger partial charge in [-0.25, -0.2) is 4.98 Å². The zero-order valence-electron chi connectivity index (χ0n) is 18.3. The van der Waals surface area contributed by atoms with Crippen molar-refractivity contribution >= 4 is 51.6 Å². The Bertz CT molecular complexity index is 1760. The monoisotopic (exact) mass is 493 g/mol. The maximum Gasteiger partial charge on any atom is 0.263 e. The summed E-state index contributed by atoms with van der Waals surface area (Å²) in [5, 5.41) is 1.85. The van der Waals surface area contributed by atoms with Gasteiger partial charge < -0.3 is 4.90 Å². The Kier molecular flexibility index (Phi) is 4.44. The Morgan fingerprint density at radius 2 is 1.54 bits per heavy atom. The predicted molar refractivity (Wildman–Crippen MR) is 143 cm³/mol. The Hall–Kier alpha value is -3.86. The molecule has 0 saturated heterocycles. The standard InChI is InChI=1S/C29H17Cl2N3O/c30-19-10-12-21-18(14-19)15-25(17-6-2-1-3-7-17)33-26-16-20(31)11-13-23(26)27-32-24-9-5-4-8-22(24)29(35)34(27)28(21)33/h1-16,28H/t28-/m1/s1. The van der Waals surface area contributed by atoms with Crippen LogP contribution in [0.2, 0.25) is 10.0 Å². The molecule has 7 rings (SSSR count). The van der Waals surface area contributed by atoms with Crippen LogP contribution in [0.25, 0.3) is 34.1 Å². The van der Waals surface area contributed by atoms with Gasteiger partial charge in [-0.1, -0.05) is 71.7 Å². The summed E-state index contributed by atoms with van der Waals surface area (Å²) in [6.45, 7) is 0. The molecule has 0 amide bonds. The molecule has 0 unspecified atom stereocenters. The van der Waals surface area contributed by atoms with Crippen molar-refractivity contribution in [3.63, 3.8) is 0 Å². The molecule has 4 aromatic carbocycles. The number of halogens is 2. The number of aromatic nitrogens is 2. The van der Waals surface area contributed by atoms with Crippen LogP contribution in [0.5, 0.6) is 0 Å². The molecule has 0 bridgehead atoms. The minimum absolute atomic E-state index is 0.0867. The van der Waals surface area contributed by atoms with Gasteiger partial charge in [0.15, 0.2) is 0 Å². The molecule has 0 spiro atoms. The van der Waals surface area contributed by atoms with Gasteiger partial charge in [-0.15, -0.1) is 0 Å².